The minimum absolute atomic E-state index is 0.0685. The van der Waals surface area contributed by atoms with Crippen LogP contribution < -0.4 is 4.90 Å². The van der Waals surface area contributed by atoms with Gasteiger partial charge < -0.3 is 9.42 Å². The summed E-state index contributed by atoms with van der Waals surface area (Å²) in [5.74, 6) is 1.47. The Morgan fingerprint density at radius 3 is 2.88 bits per heavy atom. The molecule has 130 valence electrons. The molecule has 26 heavy (non-hydrogen) atoms. The van der Waals surface area contributed by atoms with E-state index < -0.39 is 0 Å². The van der Waals surface area contributed by atoms with Crippen LogP contribution in [-0.2, 0) is 0 Å². The summed E-state index contributed by atoms with van der Waals surface area (Å²) in [4.78, 5) is 10.9. The fourth-order valence-corrected chi connectivity index (χ4v) is 3.22. The molecule has 1 aliphatic rings. The molecule has 0 bridgehead atoms. The van der Waals surface area contributed by atoms with Crippen molar-refractivity contribution in [3.05, 3.63) is 59.9 Å². The lowest BCUT2D eigenvalue weighted by Crippen LogP contribution is -2.35. The van der Waals surface area contributed by atoms with E-state index in [0.29, 0.717) is 35.2 Å². The zero-order valence-corrected chi connectivity index (χ0v) is 14.0. The van der Waals surface area contributed by atoms with Gasteiger partial charge in [0.25, 0.3) is 0 Å². The Morgan fingerprint density at radius 1 is 1.23 bits per heavy atom. The van der Waals surface area contributed by atoms with E-state index in [4.69, 9.17) is 4.52 Å². The minimum atomic E-state index is -0.302. The third-order valence-corrected chi connectivity index (χ3v) is 4.52. The van der Waals surface area contributed by atoms with Gasteiger partial charge in [-0.25, -0.2) is 9.37 Å². The van der Waals surface area contributed by atoms with Crippen molar-refractivity contribution >= 4 is 5.82 Å². The number of hydrogen-bond acceptors (Lipinski definition) is 6. The number of aromatic nitrogens is 3. The van der Waals surface area contributed by atoms with Crippen LogP contribution in [0.5, 0.6) is 0 Å². The molecule has 0 aliphatic carbocycles. The number of anilines is 1. The second-order valence-corrected chi connectivity index (χ2v) is 6.23. The third kappa shape index (κ3) is 3.14. The molecule has 3 heterocycles. The van der Waals surface area contributed by atoms with Gasteiger partial charge in [0.15, 0.2) is 0 Å². The van der Waals surface area contributed by atoms with E-state index in [9.17, 15) is 9.65 Å². The lowest BCUT2D eigenvalue weighted by Gasteiger charge is -2.32. The van der Waals surface area contributed by atoms with Crippen LogP contribution in [0.25, 0.3) is 11.4 Å². The maximum absolute atomic E-state index is 13.1. The van der Waals surface area contributed by atoms with Crippen molar-refractivity contribution in [1.82, 2.24) is 15.1 Å². The van der Waals surface area contributed by atoms with Gasteiger partial charge in [0, 0.05) is 24.8 Å². The molecule has 0 radical (unpaired) electrons. The molecule has 6 nitrogen and oxygen atoms in total. The van der Waals surface area contributed by atoms with Gasteiger partial charge in [-0.3, -0.25) is 0 Å². The fourth-order valence-electron chi connectivity index (χ4n) is 3.22. The highest BCUT2D eigenvalue weighted by molar-refractivity contribution is 5.55. The number of halogens is 1. The quantitative estimate of drug-likeness (QED) is 0.720. The Morgan fingerprint density at radius 2 is 2.08 bits per heavy atom. The molecule has 1 aromatic carbocycles. The van der Waals surface area contributed by atoms with E-state index >= 15 is 0 Å². The first-order valence-electron chi connectivity index (χ1n) is 8.44. The largest absolute Gasteiger partial charge is 0.355 e. The molecule has 0 saturated carbocycles. The van der Waals surface area contributed by atoms with Gasteiger partial charge in [-0.15, -0.1) is 0 Å². The Balaban J connectivity index is 1.55. The van der Waals surface area contributed by atoms with Gasteiger partial charge in [-0.1, -0.05) is 5.16 Å². The summed E-state index contributed by atoms with van der Waals surface area (Å²) in [5.41, 5.74) is 1.27. The second-order valence-electron chi connectivity index (χ2n) is 6.23. The maximum atomic E-state index is 13.1. The number of nitriles is 1. The lowest BCUT2D eigenvalue weighted by atomic mass is 9.97. The first kappa shape index (κ1) is 16.2. The number of nitrogens with zero attached hydrogens (tertiary/aromatic N) is 5. The molecule has 1 fully saturated rings. The van der Waals surface area contributed by atoms with E-state index in [1.807, 2.05) is 0 Å². The molecule has 1 saturated heterocycles. The van der Waals surface area contributed by atoms with Gasteiger partial charge in [-0.2, -0.15) is 10.2 Å². The highest BCUT2D eigenvalue weighted by Crippen LogP contribution is 2.30. The average molecular weight is 349 g/mol. The van der Waals surface area contributed by atoms with E-state index in [0.717, 1.165) is 19.4 Å². The summed E-state index contributed by atoms with van der Waals surface area (Å²) in [6, 6.07) is 11.7. The standard InChI is InChI=1S/C19H16FN5O/c20-16-7-5-13(6-8-16)17-23-19(26-24-17)15-4-2-10-25(12-15)18-14(11-21)3-1-9-22-18/h1,3,5-9,15H,2,4,10,12H2/t15-/m1/s1. The molecule has 2 aromatic heterocycles. The molecule has 0 amide bonds. The molecule has 0 spiro atoms. The van der Waals surface area contributed by atoms with Gasteiger partial charge in [-0.05, 0) is 49.2 Å². The molecule has 4 rings (SSSR count). The average Bonchev–Trinajstić information content (AvgIpc) is 3.19. The molecule has 1 aliphatic heterocycles. The first-order valence-corrected chi connectivity index (χ1v) is 8.44. The minimum Gasteiger partial charge on any atom is -0.355 e. The van der Waals surface area contributed by atoms with Crippen LogP contribution in [0.4, 0.5) is 10.2 Å². The summed E-state index contributed by atoms with van der Waals surface area (Å²) in [6.07, 6.45) is 3.57. The molecule has 3 aromatic rings. The summed E-state index contributed by atoms with van der Waals surface area (Å²) in [5, 5.41) is 13.3. The smallest absolute Gasteiger partial charge is 0.231 e. The number of benzene rings is 1. The normalized spacial score (nSPS) is 17.1. The van der Waals surface area contributed by atoms with Crippen molar-refractivity contribution in [1.29, 1.82) is 5.26 Å². The Bertz CT molecular complexity index is 947. The Kier molecular flexibility index (Phi) is 4.32. The van der Waals surface area contributed by atoms with E-state index in [1.54, 1.807) is 30.5 Å². The van der Waals surface area contributed by atoms with Crippen molar-refractivity contribution < 1.29 is 8.91 Å². The van der Waals surface area contributed by atoms with Gasteiger partial charge in [0.05, 0.1) is 11.5 Å². The summed E-state index contributed by atoms with van der Waals surface area (Å²) in [6.45, 7) is 1.50. The molecule has 0 unspecified atom stereocenters. The van der Waals surface area contributed by atoms with Crippen molar-refractivity contribution in [2.24, 2.45) is 0 Å². The monoisotopic (exact) mass is 349 g/mol. The third-order valence-electron chi connectivity index (χ3n) is 4.52. The highest BCUT2D eigenvalue weighted by atomic mass is 19.1. The van der Waals surface area contributed by atoms with Crippen LogP contribution in [0, 0.1) is 17.1 Å². The van der Waals surface area contributed by atoms with Crippen LogP contribution in [0.2, 0.25) is 0 Å². The first-order chi connectivity index (χ1) is 12.7. The fraction of sp³-hybridized carbons (Fsp3) is 0.263. The molecular weight excluding hydrogens is 333 g/mol. The topological polar surface area (TPSA) is 78.8 Å². The van der Waals surface area contributed by atoms with Crippen molar-refractivity contribution in [2.75, 3.05) is 18.0 Å². The molecule has 7 heteroatoms. The number of rotatable bonds is 3. The SMILES string of the molecule is N#Cc1cccnc1N1CCC[C@@H](c2nc(-c3ccc(F)cc3)no2)C1. The summed E-state index contributed by atoms with van der Waals surface area (Å²) < 4.78 is 18.5. The predicted octanol–water partition coefficient (Wildman–Crippen LogP) is 3.53. The van der Waals surface area contributed by atoms with Crippen LogP contribution in [0.3, 0.4) is 0 Å². The van der Waals surface area contributed by atoms with Crippen LogP contribution >= 0.6 is 0 Å². The van der Waals surface area contributed by atoms with E-state index in [-0.39, 0.29) is 11.7 Å². The van der Waals surface area contributed by atoms with Crippen LogP contribution in [0.15, 0.2) is 47.1 Å². The highest BCUT2D eigenvalue weighted by Gasteiger charge is 2.28. The maximum Gasteiger partial charge on any atom is 0.231 e. The number of pyridine rings is 1. The number of piperidine rings is 1. The van der Waals surface area contributed by atoms with E-state index in [1.165, 1.54) is 12.1 Å². The molecule has 1 atom stereocenters. The van der Waals surface area contributed by atoms with Crippen LogP contribution in [-0.4, -0.2) is 28.2 Å². The van der Waals surface area contributed by atoms with Crippen molar-refractivity contribution in [2.45, 2.75) is 18.8 Å². The van der Waals surface area contributed by atoms with Crippen LogP contribution in [0.1, 0.15) is 30.2 Å². The van der Waals surface area contributed by atoms with Crippen molar-refractivity contribution in [3.8, 4) is 17.5 Å². The second kappa shape index (κ2) is 6.92. The predicted molar refractivity (Wildman–Crippen MR) is 92.8 cm³/mol. The van der Waals surface area contributed by atoms with Gasteiger partial charge in [0.2, 0.25) is 11.7 Å². The Hall–Kier alpha value is -3.27. The van der Waals surface area contributed by atoms with Crippen molar-refractivity contribution in [3.63, 3.8) is 0 Å². The van der Waals surface area contributed by atoms with Gasteiger partial charge in [0.1, 0.15) is 17.7 Å². The zero-order chi connectivity index (χ0) is 17.9. The molecular formula is C19H16FN5O. The van der Waals surface area contributed by atoms with E-state index in [2.05, 4.69) is 26.1 Å². The number of hydrogen-bond donors (Lipinski definition) is 0. The molecule has 0 N–H and O–H groups in total. The summed E-state index contributed by atoms with van der Waals surface area (Å²) in [7, 11) is 0. The van der Waals surface area contributed by atoms with Gasteiger partial charge >= 0.3 is 0 Å². The lowest BCUT2D eigenvalue weighted by molar-refractivity contribution is 0.333. The summed E-state index contributed by atoms with van der Waals surface area (Å²) >= 11 is 0. The zero-order valence-electron chi connectivity index (χ0n) is 14.0. The Labute approximate surface area is 149 Å².